The molecule has 98 valence electrons. The molecule has 0 radical (unpaired) electrons. The van der Waals surface area contributed by atoms with E-state index >= 15 is 0 Å². The summed E-state index contributed by atoms with van der Waals surface area (Å²) in [5, 5.41) is 9.28. The van der Waals surface area contributed by atoms with Crippen molar-refractivity contribution >= 4 is 11.9 Å². The number of halogens is 1. The summed E-state index contributed by atoms with van der Waals surface area (Å²) in [5.74, 6) is 0.131. The Bertz CT molecular complexity index is 567. The fraction of sp³-hybridized carbons (Fsp3) is 0.0667. The van der Waals surface area contributed by atoms with E-state index in [2.05, 4.69) is 0 Å². The number of hydrogen-bond acceptors (Lipinski definition) is 2. The van der Waals surface area contributed by atoms with E-state index in [1.807, 2.05) is 30.3 Å². The first-order valence-corrected chi connectivity index (χ1v) is 5.68. The van der Waals surface area contributed by atoms with Crippen LogP contribution in [0.5, 0.6) is 5.75 Å². The van der Waals surface area contributed by atoms with E-state index in [9.17, 15) is 9.90 Å². The Morgan fingerprint density at radius 1 is 1.16 bits per heavy atom. The number of hydrogen-bond donors (Lipinski definition) is 1. The lowest BCUT2D eigenvalue weighted by Gasteiger charge is -1.94. The SMILES string of the molecule is O=C(/C=C/c1ccccc1)C[n+]1cccc(O)c1.[Br-]. The van der Waals surface area contributed by atoms with Crippen molar-refractivity contribution in [2.24, 2.45) is 0 Å². The summed E-state index contributed by atoms with van der Waals surface area (Å²) >= 11 is 0. The van der Waals surface area contributed by atoms with Crippen molar-refractivity contribution < 1.29 is 31.4 Å². The van der Waals surface area contributed by atoms with Gasteiger partial charge < -0.3 is 22.1 Å². The van der Waals surface area contributed by atoms with Crippen molar-refractivity contribution in [2.75, 3.05) is 0 Å². The van der Waals surface area contributed by atoms with Gasteiger partial charge in [-0.3, -0.25) is 4.79 Å². The highest BCUT2D eigenvalue weighted by Crippen LogP contribution is 2.02. The number of carbonyl (C=O) groups excluding carboxylic acids is 1. The number of ketones is 1. The van der Waals surface area contributed by atoms with Gasteiger partial charge in [-0.1, -0.05) is 36.4 Å². The van der Waals surface area contributed by atoms with Gasteiger partial charge in [0.25, 0.3) is 0 Å². The first kappa shape index (κ1) is 15.1. The van der Waals surface area contributed by atoms with Crippen LogP contribution in [0.2, 0.25) is 0 Å². The van der Waals surface area contributed by atoms with Crippen molar-refractivity contribution in [1.29, 1.82) is 0 Å². The molecule has 1 heterocycles. The predicted octanol–water partition coefficient (Wildman–Crippen LogP) is -1.03. The van der Waals surface area contributed by atoms with Gasteiger partial charge in [-0.25, -0.2) is 0 Å². The number of benzene rings is 1. The highest BCUT2D eigenvalue weighted by Gasteiger charge is 2.06. The lowest BCUT2D eigenvalue weighted by molar-refractivity contribution is -0.684. The molecule has 4 heteroatoms. The largest absolute Gasteiger partial charge is 1.00 e. The molecule has 19 heavy (non-hydrogen) atoms. The van der Waals surface area contributed by atoms with Crippen molar-refractivity contribution in [3.63, 3.8) is 0 Å². The lowest BCUT2D eigenvalue weighted by Crippen LogP contribution is -3.00. The molecule has 0 amide bonds. The van der Waals surface area contributed by atoms with Crippen LogP contribution in [0.4, 0.5) is 0 Å². The molecule has 0 aliphatic rings. The molecule has 0 aliphatic carbocycles. The normalized spacial score (nSPS) is 10.1. The number of allylic oxidation sites excluding steroid dienone is 1. The zero-order valence-electron chi connectivity index (χ0n) is 10.2. The second-order valence-corrected chi connectivity index (χ2v) is 3.94. The zero-order chi connectivity index (χ0) is 12.8. The molecular formula is C15H14BrNO2. The maximum Gasteiger partial charge on any atom is 0.220 e. The van der Waals surface area contributed by atoms with Gasteiger partial charge in [0.2, 0.25) is 18.5 Å². The summed E-state index contributed by atoms with van der Waals surface area (Å²) in [6, 6.07) is 12.9. The first-order valence-electron chi connectivity index (χ1n) is 5.68. The summed E-state index contributed by atoms with van der Waals surface area (Å²) in [5.41, 5.74) is 0.992. The van der Waals surface area contributed by atoms with Crippen molar-refractivity contribution in [1.82, 2.24) is 0 Å². The Kier molecular flexibility index (Phi) is 5.96. The molecule has 2 rings (SSSR count). The van der Waals surface area contributed by atoms with Gasteiger partial charge in [-0.2, -0.15) is 4.57 Å². The zero-order valence-corrected chi connectivity index (χ0v) is 11.8. The average Bonchev–Trinajstić information content (AvgIpc) is 2.38. The molecule has 0 aliphatic heterocycles. The van der Waals surface area contributed by atoms with Crippen LogP contribution in [0.3, 0.4) is 0 Å². The van der Waals surface area contributed by atoms with Gasteiger partial charge >= 0.3 is 0 Å². The molecule has 0 fully saturated rings. The predicted molar refractivity (Wildman–Crippen MR) is 68.8 cm³/mol. The highest BCUT2D eigenvalue weighted by atomic mass is 79.9. The topological polar surface area (TPSA) is 41.2 Å². The van der Waals surface area contributed by atoms with Gasteiger partial charge in [0.15, 0.2) is 11.9 Å². The van der Waals surface area contributed by atoms with Crippen molar-refractivity contribution in [2.45, 2.75) is 6.54 Å². The third kappa shape index (κ3) is 5.06. The second-order valence-electron chi connectivity index (χ2n) is 3.94. The number of aromatic nitrogens is 1. The highest BCUT2D eigenvalue weighted by molar-refractivity contribution is 5.92. The van der Waals surface area contributed by atoms with E-state index in [0.29, 0.717) is 0 Å². The minimum Gasteiger partial charge on any atom is -1.00 e. The summed E-state index contributed by atoms with van der Waals surface area (Å²) < 4.78 is 1.65. The minimum absolute atomic E-state index is 0. The van der Waals surface area contributed by atoms with Crippen LogP contribution in [0.1, 0.15) is 5.56 Å². The molecule has 0 bridgehead atoms. The summed E-state index contributed by atoms with van der Waals surface area (Å²) in [7, 11) is 0. The van der Waals surface area contributed by atoms with Gasteiger partial charge in [-0.15, -0.1) is 0 Å². The molecule has 0 spiro atoms. The van der Waals surface area contributed by atoms with Crippen LogP contribution in [0.25, 0.3) is 6.08 Å². The molecule has 0 saturated heterocycles. The van der Waals surface area contributed by atoms with E-state index in [1.165, 1.54) is 6.20 Å². The van der Waals surface area contributed by atoms with E-state index < -0.39 is 0 Å². The standard InChI is InChI=1S/C15H13NO2.BrH/c17-14-7-4-10-16(11-14)12-15(18)9-8-13-5-2-1-3-6-13;/h1-11H,12H2;1H/b9-8+;. The Morgan fingerprint density at radius 3 is 2.58 bits per heavy atom. The van der Waals surface area contributed by atoms with Crippen LogP contribution in [0, 0.1) is 0 Å². The number of pyridine rings is 1. The van der Waals surface area contributed by atoms with E-state index in [4.69, 9.17) is 0 Å². The number of nitrogens with zero attached hydrogens (tertiary/aromatic N) is 1. The van der Waals surface area contributed by atoms with Gasteiger partial charge in [0.1, 0.15) is 0 Å². The van der Waals surface area contributed by atoms with Crippen LogP contribution in [0.15, 0.2) is 60.9 Å². The third-order valence-electron chi connectivity index (χ3n) is 2.44. The fourth-order valence-electron chi connectivity index (χ4n) is 1.59. The molecule has 0 unspecified atom stereocenters. The quantitative estimate of drug-likeness (QED) is 0.578. The number of carbonyl (C=O) groups is 1. The molecule has 1 aromatic carbocycles. The molecule has 1 aromatic heterocycles. The van der Waals surface area contributed by atoms with E-state index in [1.54, 1.807) is 35.0 Å². The summed E-state index contributed by atoms with van der Waals surface area (Å²) in [6.07, 6.45) is 6.60. The molecule has 0 atom stereocenters. The van der Waals surface area contributed by atoms with E-state index in [0.717, 1.165) is 5.56 Å². The molecular weight excluding hydrogens is 306 g/mol. The fourth-order valence-corrected chi connectivity index (χ4v) is 1.59. The van der Waals surface area contributed by atoms with Gasteiger partial charge in [0.05, 0.1) is 0 Å². The van der Waals surface area contributed by atoms with E-state index in [-0.39, 0.29) is 35.1 Å². The van der Waals surface area contributed by atoms with Gasteiger partial charge in [-0.05, 0) is 17.7 Å². The number of aromatic hydroxyl groups is 1. The average molecular weight is 320 g/mol. The first-order chi connectivity index (χ1) is 8.74. The monoisotopic (exact) mass is 319 g/mol. The lowest BCUT2D eigenvalue weighted by atomic mass is 10.2. The maximum atomic E-state index is 11.7. The minimum atomic E-state index is -0.0190. The van der Waals surface area contributed by atoms with Crippen LogP contribution >= 0.6 is 0 Å². The Labute approximate surface area is 122 Å². The Balaban J connectivity index is 0.00000180. The molecule has 2 aromatic rings. The summed E-state index contributed by atoms with van der Waals surface area (Å²) in [6.45, 7) is 0.220. The smallest absolute Gasteiger partial charge is 0.220 e. The summed E-state index contributed by atoms with van der Waals surface area (Å²) in [4.78, 5) is 11.7. The van der Waals surface area contributed by atoms with Crippen molar-refractivity contribution in [3.8, 4) is 5.75 Å². The van der Waals surface area contributed by atoms with Crippen molar-refractivity contribution in [3.05, 3.63) is 66.5 Å². The maximum absolute atomic E-state index is 11.7. The van der Waals surface area contributed by atoms with Crippen LogP contribution in [-0.4, -0.2) is 10.9 Å². The van der Waals surface area contributed by atoms with Crippen LogP contribution in [-0.2, 0) is 11.3 Å². The third-order valence-corrected chi connectivity index (χ3v) is 2.44. The second kappa shape index (κ2) is 7.48. The molecule has 3 nitrogen and oxygen atoms in total. The molecule has 1 N–H and O–H groups in total. The Hall–Kier alpha value is -1.94. The van der Waals surface area contributed by atoms with Gasteiger partial charge in [0, 0.05) is 6.07 Å². The number of rotatable bonds is 4. The molecule has 0 saturated carbocycles. The Morgan fingerprint density at radius 2 is 1.89 bits per heavy atom. The van der Waals surface area contributed by atoms with Crippen LogP contribution < -0.4 is 21.5 Å².